The van der Waals surface area contributed by atoms with E-state index >= 15 is 4.79 Å². The number of fused-ring (bicyclic) bond motifs is 5. The first-order valence-corrected chi connectivity index (χ1v) is 20.1. The highest BCUT2D eigenvalue weighted by Crippen LogP contribution is 2.84. The summed E-state index contributed by atoms with van der Waals surface area (Å²) in [4.78, 5) is 83.4. The van der Waals surface area contributed by atoms with Crippen LogP contribution < -0.4 is 5.32 Å². The van der Waals surface area contributed by atoms with Gasteiger partial charge in [0.25, 0.3) is 5.91 Å². The molecule has 8 rings (SSSR count). The van der Waals surface area contributed by atoms with Crippen molar-refractivity contribution < 1.29 is 67.8 Å². The zero-order valence-electron chi connectivity index (χ0n) is 34.2. The van der Waals surface area contributed by atoms with Gasteiger partial charge in [-0.2, -0.15) is 0 Å². The number of aliphatic hydroxyl groups is 3. The first-order chi connectivity index (χ1) is 28.9. The molecule has 0 aromatic heterocycles. The van der Waals surface area contributed by atoms with Gasteiger partial charge in [0.05, 0.1) is 41.1 Å². The third-order valence-electron chi connectivity index (χ3n) is 13.9. The second-order valence-electron chi connectivity index (χ2n) is 17.0. The summed E-state index contributed by atoms with van der Waals surface area (Å²) in [7, 11) is 0. The van der Waals surface area contributed by atoms with E-state index in [1.807, 2.05) is 0 Å². The van der Waals surface area contributed by atoms with Crippen LogP contribution in [0, 0.1) is 16.7 Å². The monoisotopic (exact) mass is 837 g/mol. The molecule has 4 fully saturated rings. The average Bonchev–Trinajstić information content (AvgIpc) is 3.67. The third kappa shape index (κ3) is 5.92. The Bertz CT molecular complexity index is 2340. The summed E-state index contributed by atoms with van der Waals surface area (Å²) in [5, 5.41) is 39.9. The number of ether oxygens (including phenoxy) is 5. The molecule has 15 heteroatoms. The molecule has 320 valence electrons. The molecule has 3 aromatic rings. The Labute approximate surface area is 351 Å². The van der Waals surface area contributed by atoms with E-state index in [9.17, 15) is 39.3 Å². The van der Waals surface area contributed by atoms with Gasteiger partial charge in [-0.05, 0) is 61.7 Å². The van der Waals surface area contributed by atoms with Crippen LogP contribution in [0.25, 0.3) is 0 Å². The standard InChI is InChI=1S/C46H47NO14/c1-24-30(59-40(55)35(51)34(27-15-9-6-10-16-27)47-38(53)28-17-11-7-12-18-28)22-45(56)43(5)33(24)36(58-25(2)48)37(52)42(4)31(50)21-32-44(23-57-32,60-26(3)49)41(42)46(43,45)61-39(54)29-19-13-8-14-20-29/h6-20,30-32,34-36,41,50-51,56H,21-23H2,1-5H3,(H,47,53)/t30-,31-,32+,34-,35+,36+,41?,42-,43-,44-,45-,46-/m0/s1. The van der Waals surface area contributed by atoms with Crippen molar-refractivity contribution in [3.8, 4) is 0 Å². The van der Waals surface area contributed by atoms with Crippen LogP contribution in [0.2, 0.25) is 0 Å². The minimum absolute atomic E-state index is 0.0517. The Morgan fingerprint density at radius 2 is 1.43 bits per heavy atom. The number of carbonyl (C=O) groups excluding carboxylic acids is 6. The molecule has 15 nitrogen and oxygen atoms in total. The largest absolute Gasteiger partial charge is 0.456 e. The Kier molecular flexibility index (Phi) is 10.1. The van der Waals surface area contributed by atoms with Crippen molar-refractivity contribution in [1.29, 1.82) is 0 Å². The normalized spacial score (nSPS) is 35.3. The summed E-state index contributed by atoms with van der Waals surface area (Å²) < 4.78 is 30.5. The van der Waals surface area contributed by atoms with Gasteiger partial charge in [0.15, 0.2) is 29.2 Å². The SMILES string of the molecule is CC(=O)O[C@H]1C(=O)[C@@]2(C)C([C@@]3(OC(=O)c4ccccc4)[C@]4(O)C[C@H](OC(=O)[C@H](O)[C@@H](NC(=O)c5ccccc5)c5ccccc5)C(C)=C1[C@@]43C)[C@]1(OC(C)=O)CO[C@@H]1C[C@@H]2O. The van der Waals surface area contributed by atoms with Crippen LogP contribution in [0.15, 0.2) is 102 Å². The van der Waals surface area contributed by atoms with E-state index in [1.54, 1.807) is 78.9 Å². The molecular weight excluding hydrogens is 790 g/mol. The minimum Gasteiger partial charge on any atom is -0.456 e. The molecule has 4 N–H and O–H groups in total. The van der Waals surface area contributed by atoms with Gasteiger partial charge in [-0.3, -0.25) is 19.2 Å². The van der Waals surface area contributed by atoms with Crippen molar-refractivity contribution in [2.75, 3.05) is 6.61 Å². The minimum atomic E-state index is -2.29. The maximum absolute atomic E-state index is 15.3. The summed E-state index contributed by atoms with van der Waals surface area (Å²) in [6, 6.07) is 23.0. The fraction of sp³-hybridized carbons (Fsp3) is 0.435. The fourth-order valence-corrected chi connectivity index (χ4v) is 11.1. The van der Waals surface area contributed by atoms with Crippen molar-refractivity contribution in [2.24, 2.45) is 16.7 Å². The molecule has 12 atom stereocenters. The van der Waals surface area contributed by atoms with Gasteiger partial charge in [0.2, 0.25) is 0 Å². The molecule has 3 aromatic carbocycles. The zero-order chi connectivity index (χ0) is 43.9. The summed E-state index contributed by atoms with van der Waals surface area (Å²) in [5.41, 5.74) is -9.37. The number of aliphatic hydroxyl groups excluding tert-OH is 2. The smallest absolute Gasteiger partial charge is 0.338 e. The van der Waals surface area contributed by atoms with Crippen LogP contribution in [-0.2, 0) is 42.9 Å². The Morgan fingerprint density at radius 1 is 0.836 bits per heavy atom. The molecule has 61 heavy (non-hydrogen) atoms. The lowest BCUT2D eigenvalue weighted by Gasteiger charge is -2.63. The fourth-order valence-electron chi connectivity index (χ4n) is 11.1. The quantitative estimate of drug-likeness (QED) is 0.131. The van der Waals surface area contributed by atoms with Gasteiger partial charge < -0.3 is 44.3 Å². The molecule has 1 unspecified atom stereocenters. The maximum atomic E-state index is 15.3. The molecule has 1 amide bonds. The van der Waals surface area contributed by atoms with Gasteiger partial charge in [0.1, 0.15) is 17.8 Å². The van der Waals surface area contributed by atoms with Crippen molar-refractivity contribution in [3.05, 3.63) is 119 Å². The van der Waals surface area contributed by atoms with Crippen molar-refractivity contribution in [1.82, 2.24) is 5.32 Å². The van der Waals surface area contributed by atoms with Crippen LogP contribution in [0.3, 0.4) is 0 Å². The number of Topliss-reactive ketones (excluding diaryl/α,β-unsaturated/α-hetero) is 1. The number of nitrogens with one attached hydrogen (secondary N) is 1. The predicted molar refractivity (Wildman–Crippen MR) is 211 cm³/mol. The van der Waals surface area contributed by atoms with Crippen molar-refractivity contribution in [3.63, 3.8) is 0 Å². The van der Waals surface area contributed by atoms with E-state index in [1.165, 1.54) is 32.9 Å². The number of ketones is 1. The van der Waals surface area contributed by atoms with E-state index in [2.05, 4.69) is 5.32 Å². The molecule has 1 heterocycles. The molecule has 0 bridgehead atoms. The molecule has 1 saturated heterocycles. The Morgan fingerprint density at radius 3 is 1.98 bits per heavy atom. The predicted octanol–water partition coefficient (Wildman–Crippen LogP) is 3.10. The van der Waals surface area contributed by atoms with Crippen LogP contribution in [0.1, 0.15) is 79.8 Å². The topological polar surface area (TPSA) is 221 Å². The van der Waals surface area contributed by atoms with E-state index in [4.69, 9.17) is 23.7 Å². The first kappa shape index (κ1) is 42.0. The highest BCUT2D eigenvalue weighted by Gasteiger charge is 2.99. The van der Waals surface area contributed by atoms with E-state index in [0.717, 1.165) is 13.8 Å². The van der Waals surface area contributed by atoms with Crippen molar-refractivity contribution >= 4 is 35.6 Å². The number of hydrogen-bond acceptors (Lipinski definition) is 14. The second kappa shape index (κ2) is 14.7. The number of esters is 4. The Balaban J connectivity index is 1.27. The van der Waals surface area contributed by atoms with Crippen molar-refractivity contribution in [2.45, 2.75) is 101 Å². The van der Waals surface area contributed by atoms with Gasteiger partial charge >= 0.3 is 23.9 Å². The van der Waals surface area contributed by atoms with E-state index in [0.29, 0.717) is 5.56 Å². The molecule has 4 aliphatic carbocycles. The van der Waals surface area contributed by atoms with Gasteiger partial charge in [-0.15, -0.1) is 0 Å². The molecular formula is C46H47NO14. The summed E-state index contributed by atoms with van der Waals surface area (Å²) >= 11 is 0. The summed E-state index contributed by atoms with van der Waals surface area (Å²) in [6.45, 7) is 6.40. The maximum Gasteiger partial charge on any atom is 0.338 e. The van der Waals surface area contributed by atoms with Crippen LogP contribution >= 0.6 is 0 Å². The van der Waals surface area contributed by atoms with Gasteiger partial charge in [-0.25, -0.2) is 9.59 Å². The molecule has 5 aliphatic rings. The Hall–Kier alpha value is -5.74. The number of amides is 1. The molecule has 0 radical (unpaired) electrons. The van der Waals surface area contributed by atoms with Crippen LogP contribution in [0.4, 0.5) is 0 Å². The molecule has 3 saturated carbocycles. The zero-order valence-corrected chi connectivity index (χ0v) is 34.2. The lowest BCUT2D eigenvalue weighted by Crippen LogP contribution is -2.78. The highest BCUT2D eigenvalue weighted by atomic mass is 16.6. The lowest BCUT2D eigenvalue weighted by atomic mass is 9.51. The second-order valence-corrected chi connectivity index (χ2v) is 17.0. The number of carbonyl (C=O) groups is 6. The molecule has 0 spiro atoms. The first-order valence-electron chi connectivity index (χ1n) is 20.1. The number of rotatable bonds is 10. The van der Waals surface area contributed by atoms with E-state index in [-0.39, 0.29) is 35.3 Å². The highest BCUT2D eigenvalue weighted by molar-refractivity contribution is 5.98. The lowest BCUT2D eigenvalue weighted by molar-refractivity contribution is -0.337. The third-order valence-corrected chi connectivity index (χ3v) is 13.9. The number of benzene rings is 3. The molecule has 1 aliphatic heterocycles. The number of hydrogen-bond donors (Lipinski definition) is 4. The summed E-state index contributed by atoms with van der Waals surface area (Å²) in [5.74, 6) is -6.79. The van der Waals surface area contributed by atoms with E-state index < -0.39 is 112 Å². The average molecular weight is 838 g/mol. The van der Waals surface area contributed by atoms with Crippen LogP contribution in [-0.4, -0.2) is 105 Å². The van der Waals surface area contributed by atoms with Crippen LogP contribution in [0.5, 0.6) is 0 Å². The van der Waals surface area contributed by atoms with Gasteiger partial charge in [0, 0.05) is 32.3 Å². The summed E-state index contributed by atoms with van der Waals surface area (Å²) in [6.07, 6.45) is -8.59. The van der Waals surface area contributed by atoms with Gasteiger partial charge in [-0.1, -0.05) is 66.7 Å².